The summed E-state index contributed by atoms with van der Waals surface area (Å²) in [4.78, 5) is 4.06. The summed E-state index contributed by atoms with van der Waals surface area (Å²) in [6.45, 7) is 0. The molecular weight excluding hydrogens is 192 g/mol. The molecule has 0 saturated carbocycles. The lowest BCUT2D eigenvalue weighted by atomic mass is 10.3. The first-order valence-electron chi connectivity index (χ1n) is 3.26. The predicted molar refractivity (Wildman–Crippen MR) is 49.3 cm³/mol. The quantitative estimate of drug-likeness (QED) is 0.647. The highest BCUT2D eigenvalue weighted by atomic mass is 35.5. The van der Waals surface area contributed by atoms with Crippen LogP contribution < -0.4 is 0 Å². The van der Waals surface area contributed by atoms with E-state index in [1.165, 1.54) is 11.3 Å². The SMILES string of the molecule is N#Cc1nc2cc(Cl)ccc2s1. The van der Waals surface area contributed by atoms with Crippen molar-refractivity contribution in [2.75, 3.05) is 0 Å². The Morgan fingerprint density at radius 3 is 3.08 bits per heavy atom. The third-order valence-corrected chi connectivity index (χ3v) is 2.62. The van der Waals surface area contributed by atoms with Gasteiger partial charge in [0.25, 0.3) is 0 Å². The van der Waals surface area contributed by atoms with Gasteiger partial charge in [-0.25, -0.2) is 4.98 Å². The maximum atomic E-state index is 8.57. The minimum atomic E-state index is 0.479. The maximum Gasteiger partial charge on any atom is 0.195 e. The third kappa shape index (κ3) is 1.15. The summed E-state index contributed by atoms with van der Waals surface area (Å²) >= 11 is 7.13. The van der Waals surface area contributed by atoms with Gasteiger partial charge in [-0.05, 0) is 18.2 Å². The molecular formula is C8H3ClN2S. The van der Waals surface area contributed by atoms with Gasteiger partial charge in [-0.3, -0.25) is 0 Å². The van der Waals surface area contributed by atoms with E-state index in [0.29, 0.717) is 10.0 Å². The number of hydrogen-bond acceptors (Lipinski definition) is 3. The van der Waals surface area contributed by atoms with Gasteiger partial charge in [-0.1, -0.05) is 11.6 Å². The molecule has 2 rings (SSSR count). The van der Waals surface area contributed by atoms with Gasteiger partial charge in [0.1, 0.15) is 6.07 Å². The number of benzene rings is 1. The molecule has 0 aliphatic rings. The molecule has 0 N–H and O–H groups in total. The topological polar surface area (TPSA) is 36.7 Å². The second-order valence-corrected chi connectivity index (χ2v) is 3.71. The molecule has 0 unspecified atom stereocenters. The predicted octanol–water partition coefficient (Wildman–Crippen LogP) is 2.82. The zero-order valence-electron chi connectivity index (χ0n) is 5.91. The fraction of sp³-hybridized carbons (Fsp3) is 0. The highest BCUT2D eigenvalue weighted by Gasteiger charge is 2.02. The van der Waals surface area contributed by atoms with Crippen molar-refractivity contribution in [3.63, 3.8) is 0 Å². The molecule has 58 valence electrons. The number of halogens is 1. The Balaban J connectivity index is 2.77. The van der Waals surface area contributed by atoms with Gasteiger partial charge in [0.15, 0.2) is 5.01 Å². The van der Waals surface area contributed by atoms with E-state index >= 15 is 0 Å². The van der Waals surface area contributed by atoms with Crippen LogP contribution in [-0.4, -0.2) is 4.98 Å². The number of hydrogen-bond donors (Lipinski definition) is 0. The third-order valence-electron chi connectivity index (χ3n) is 1.45. The minimum Gasteiger partial charge on any atom is -0.226 e. The number of fused-ring (bicyclic) bond motifs is 1. The first kappa shape index (κ1) is 7.53. The summed E-state index contributed by atoms with van der Waals surface area (Å²) < 4.78 is 0.996. The molecule has 0 radical (unpaired) electrons. The normalized spacial score (nSPS) is 10.0. The second-order valence-electron chi connectivity index (χ2n) is 2.24. The molecule has 1 heterocycles. The highest BCUT2D eigenvalue weighted by Crippen LogP contribution is 2.24. The van der Waals surface area contributed by atoms with Crippen LogP contribution in [-0.2, 0) is 0 Å². The highest BCUT2D eigenvalue weighted by molar-refractivity contribution is 7.19. The zero-order valence-corrected chi connectivity index (χ0v) is 7.49. The van der Waals surface area contributed by atoms with Gasteiger partial charge in [0.2, 0.25) is 0 Å². The average Bonchev–Trinajstić information content (AvgIpc) is 2.46. The van der Waals surface area contributed by atoms with Crippen LogP contribution in [0.1, 0.15) is 5.01 Å². The monoisotopic (exact) mass is 194 g/mol. The van der Waals surface area contributed by atoms with Crippen LogP contribution in [0, 0.1) is 11.3 Å². The number of nitriles is 1. The summed E-state index contributed by atoms with van der Waals surface area (Å²) in [7, 11) is 0. The Hall–Kier alpha value is -1.11. The first-order chi connectivity index (χ1) is 5.79. The molecule has 4 heteroatoms. The lowest BCUT2D eigenvalue weighted by Gasteiger charge is -1.86. The van der Waals surface area contributed by atoms with Crippen molar-refractivity contribution in [2.24, 2.45) is 0 Å². The molecule has 0 atom stereocenters. The van der Waals surface area contributed by atoms with E-state index in [9.17, 15) is 0 Å². The molecule has 0 fully saturated rings. The lowest BCUT2D eigenvalue weighted by molar-refractivity contribution is 1.40. The largest absolute Gasteiger partial charge is 0.226 e. The van der Waals surface area contributed by atoms with E-state index in [4.69, 9.17) is 16.9 Å². The smallest absolute Gasteiger partial charge is 0.195 e. The fourth-order valence-corrected chi connectivity index (χ4v) is 1.86. The van der Waals surface area contributed by atoms with Gasteiger partial charge in [0, 0.05) is 5.02 Å². The van der Waals surface area contributed by atoms with E-state index in [-0.39, 0.29) is 0 Å². The zero-order chi connectivity index (χ0) is 8.55. The van der Waals surface area contributed by atoms with E-state index in [0.717, 1.165) is 10.2 Å². The molecule has 2 nitrogen and oxygen atoms in total. The van der Waals surface area contributed by atoms with Crippen LogP contribution in [0.25, 0.3) is 10.2 Å². The van der Waals surface area contributed by atoms with Crippen LogP contribution in [0.15, 0.2) is 18.2 Å². The molecule has 0 aliphatic heterocycles. The van der Waals surface area contributed by atoms with E-state index < -0.39 is 0 Å². The van der Waals surface area contributed by atoms with Crippen molar-refractivity contribution < 1.29 is 0 Å². The van der Waals surface area contributed by atoms with Crippen LogP contribution >= 0.6 is 22.9 Å². The van der Waals surface area contributed by atoms with E-state index in [1.54, 1.807) is 12.1 Å². The number of nitrogens with zero attached hydrogens (tertiary/aromatic N) is 2. The molecule has 1 aromatic carbocycles. The van der Waals surface area contributed by atoms with Crippen molar-refractivity contribution in [1.29, 1.82) is 5.26 Å². The summed E-state index contributed by atoms with van der Waals surface area (Å²) in [5, 5.41) is 9.70. The molecule has 1 aromatic heterocycles. The van der Waals surface area contributed by atoms with E-state index in [2.05, 4.69) is 4.98 Å². The van der Waals surface area contributed by atoms with Gasteiger partial charge in [-0.15, -0.1) is 11.3 Å². The number of rotatable bonds is 0. The first-order valence-corrected chi connectivity index (χ1v) is 4.45. The minimum absolute atomic E-state index is 0.479. The number of aromatic nitrogens is 1. The summed E-state index contributed by atoms with van der Waals surface area (Å²) in [5.41, 5.74) is 0.795. The van der Waals surface area contributed by atoms with Gasteiger partial charge >= 0.3 is 0 Å². The fourth-order valence-electron chi connectivity index (χ4n) is 0.948. The van der Waals surface area contributed by atoms with Crippen molar-refractivity contribution in [2.45, 2.75) is 0 Å². The Labute approximate surface area is 78.0 Å². The molecule has 0 amide bonds. The summed E-state index contributed by atoms with van der Waals surface area (Å²) in [6.07, 6.45) is 0. The lowest BCUT2D eigenvalue weighted by Crippen LogP contribution is -1.69. The molecule has 0 aliphatic carbocycles. The van der Waals surface area contributed by atoms with Gasteiger partial charge in [-0.2, -0.15) is 5.26 Å². The van der Waals surface area contributed by atoms with Gasteiger partial charge in [0.05, 0.1) is 10.2 Å². The molecule has 0 saturated heterocycles. The van der Waals surface area contributed by atoms with Crippen molar-refractivity contribution in [3.05, 3.63) is 28.2 Å². The molecule has 12 heavy (non-hydrogen) atoms. The molecule has 0 bridgehead atoms. The molecule has 0 spiro atoms. The van der Waals surface area contributed by atoms with Crippen LogP contribution in [0.2, 0.25) is 5.02 Å². The standard InChI is InChI=1S/C8H3ClN2S/c9-5-1-2-7-6(3-5)11-8(4-10)12-7/h1-3H. The second kappa shape index (κ2) is 2.74. The van der Waals surface area contributed by atoms with Crippen LogP contribution in [0.5, 0.6) is 0 Å². The average molecular weight is 195 g/mol. The maximum absolute atomic E-state index is 8.57. The summed E-state index contributed by atoms with van der Waals surface area (Å²) in [5.74, 6) is 0. The van der Waals surface area contributed by atoms with Crippen LogP contribution in [0.4, 0.5) is 0 Å². The van der Waals surface area contributed by atoms with E-state index in [1.807, 2.05) is 12.1 Å². The molecule has 2 aromatic rings. The summed E-state index contributed by atoms with van der Waals surface area (Å²) in [6, 6.07) is 7.42. The Morgan fingerprint density at radius 1 is 1.50 bits per heavy atom. The van der Waals surface area contributed by atoms with Crippen molar-refractivity contribution >= 4 is 33.2 Å². The Bertz CT molecular complexity index is 469. The van der Waals surface area contributed by atoms with Crippen molar-refractivity contribution in [1.82, 2.24) is 4.98 Å². The van der Waals surface area contributed by atoms with Crippen molar-refractivity contribution in [3.8, 4) is 6.07 Å². The Morgan fingerprint density at radius 2 is 2.33 bits per heavy atom. The number of thiazole rings is 1. The van der Waals surface area contributed by atoms with Crippen LogP contribution in [0.3, 0.4) is 0 Å². The Kier molecular flexibility index (Phi) is 1.72. The van der Waals surface area contributed by atoms with Gasteiger partial charge < -0.3 is 0 Å².